The number of para-hydroxylation sites is 1. The van der Waals surface area contributed by atoms with Crippen LogP contribution in [0, 0.1) is 0 Å². The number of carbonyl (C=O) groups is 1. The van der Waals surface area contributed by atoms with Crippen molar-refractivity contribution in [2.45, 2.75) is 26.3 Å². The maximum absolute atomic E-state index is 12.1. The molecule has 1 unspecified atom stereocenters. The molecule has 2 aromatic rings. The molecule has 0 fully saturated rings. The van der Waals surface area contributed by atoms with Gasteiger partial charge in [0.05, 0.1) is 10.9 Å². The summed E-state index contributed by atoms with van der Waals surface area (Å²) in [6.07, 6.45) is 0.957. The van der Waals surface area contributed by atoms with Gasteiger partial charge in [-0.15, -0.1) is 11.3 Å². The van der Waals surface area contributed by atoms with E-state index in [4.69, 9.17) is 5.73 Å². The lowest BCUT2D eigenvalue weighted by Crippen LogP contribution is -2.26. The average Bonchev–Trinajstić information content (AvgIpc) is 2.88. The van der Waals surface area contributed by atoms with Crippen LogP contribution in [0.3, 0.4) is 0 Å². The third-order valence-corrected chi connectivity index (χ3v) is 4.27. The van der Waals surface area contributed by atoms with Gasteiger partial charge in [0, 0.05) is 10.6 Å². The summed E-state index contributed by atoms with van der Waals surface area (Å²) in [4.78, 5) is 14.1. The van der Waals surface area contributed by atoms with E-state index in [1.807, 2.05) is 43.3 Å². The molecular formula is C15H18N2OS. The summed E-state index contributed by atoms with van der Waals surface area (Å²) in [5, 5.41) is 2.98. The summed E-state index contributed by atoms with van der Waals surface area (Å²) in [5.41, 5.74) is 7.56. The first-order valence-electron chi connectivity index (χ1n) is 6.35. The van der Waals surface area contributed by atoms with Gasteiger partial charge in [-0.2, -0.15) is 0 Å². The van der Waals surface area contributed by atoms with E-state index < -0.39 is 0 Å². The fourth-order valence-electron chi connectivity index (χ4n) is 1.94. The van der Waals surface area contributed by atoms with Crippen molar-refractivity contribution >= 4 is 22.9 Å². The topological polar surface area (TPSA) is 55.1 Å². The highest BCUT2D eigenvalue weighted by Crippen LogP contribution is 2.21. The number of thiophene rings is 1. The smallest absolute Gasteiger partial charge is 0.261 e. The second-order valence-corrected chi connectivity index (χ2v) is 5.61. The molecule has 0 saturated heterocycles. The molecule has 3 nitrogen and oxygen atoms in total. The molecule has 100 valence electrons. The largest absolute Gasteiger partial charge is 0.398 e. The van der Waals surface area contributed by atoms with Gasteiger partial charge in [-0.1, -0.05) is 25.1 Å². The molecule has 2 rings (SSSR count). The van der Waals surface area contributed by atoms with Crippen molar-refractivity contribution in [3.05, 3.63) is 51.7 Å². The SMILES string of the molecule is CCc1ccc(C(=O)NC(C)c2ccccc2N)s1. The van der Waals surface area contributed by atoms with Crippen molar-refractivity contribution in [3.8, 4) is 0 Å². The summed E-state index contributed by atoms with van der Waals surface area (Å²) < 4.78 is 0. The summed E-state index contributed by atoms with van der Waals surface area (Å²) >= 11 is 1.54. The molecule has 0 spiro atoms. The molecular weight excluding hydrogens is 256 g/mol. The van der Waals surface area contributed by atoms with Crippen LogP contribution in [-0.4, -0.2) is 5.91 Å². The minimum atomic E-state index is -0.0964. The number of anilines is 1. The van der Waals surface area contributed by atoms with Crippen LogP contribution in [-0.2, 0) is 6.42 Å². The van der Waals surface area contributed by atoms with Crippen molar-refractivity contribution in [1.82, 2.24) is 5.32 Å². The Bertz CT molecular complexity index is 577. The van der Waals surface area contributed by atoms with Crippen LogP contribution in [0.1, 0.15) is 40.0 Å². The van der Waals surface area contributed by atoms with Crippen molar-refractivity contribution < 1.29 is 4.79 Å². The first kappa shape index (κ1) is 13.6. The van der Waals surface area contributed by atoms with Crippen molar-refractivity contribution in [2.75, 3.05) is 5.73 Å². The van der Waals surface area contributed by atoms with Gasteiger partial charge in [-0.25, -0.2) is 0 Å². The van der Waals surface area contributed by atoms with E-state index in [9.17, 15) is 4.79 Å². The predicted molar refractivity (Wildman–Crippen MR) is 80.4 cm³/mol. The Morgan fingerprint density at radius 3 is 2.68 bits per heavy atom. The number of hydrogen-bond donors (Lipinski definition) is 2. The first-order chi connectivity index (χ1) is 9.11. The fraction of sp³-hybridized carbons (Fsp3) is 0.267. The molecule has 19 heavy (non-hydrogen) atoms. The molecule has 0 aliphatic heterocycles. The Morgan fingerprint density at radius 2 is 2.05 bits per heavy atom. The molecule has 0 bridgehead atoms. The van der Waals surface area contributed by atoms with Gasteiger partial charge in [-0.05, 0) is 37.1 Å². The zero-order chi connectivity index (χ0) is 13.8. The molecule has 0 saturated carbocycles. The van der Waals surface area contributed by atoms with E-state index in [0.29, 0.717) is 5.69 Å². The van der Waals surface area contributed by atoms with Gasteiger partial charge in [0.1, 0.15) is 0 Å². The normalized spacial score (nSPS) is 12.1. The predicted octanol–water partition coefficient (Wildman–Crippen LogP) is 3.38. The number of hydrogen-bond acceptors (Lipinski definition) is 3. The molecule has 0 aliphatic carbocycles. The number of benzene rings is 1. The van der Waals surface area contributed by atoms with Gasteiger partial charge in [0.15, 0.2) is 0 Å². The Morgan fingerprint density at radius 1 is 1.32 bits per heavy atom. The lowest BCUT2D eigenvalue weighted by atomic mass is 10.1. The third kappa shape index (κ3) is 3.15. The highest BCUT2D eigenvalue weighted by Gasteiger charge is 2.14. The average molecular weight is 274 g/mol. The summed E-state index contributed by atoms with van der Waals surface area (Å²) in [6, 6.07) is 11.4. The maximum Gasteiger partial charge on any atom is 0.261 e. The van der Waals surface area contributed by atoms with Gasteiger partial charge in [-0.3, -0.25) is 4.79 Å². The molecule has 1 heterocycles. The van der Waals surface area contributed by atoms with Crippen LogP contribution in [0.5, 0.6) is 0 Å². The number of nitrogen functional groups attached to an aromatic ring is 1. The van der Waals surface area contributed by atoms with Crippen LogP contribution in [0.25, 0.3) is 0 Å². The number of amides is 1. The number of nitrogens with one attached hydrogen (secondary N) is 1. The molecule has 1 amide bonds. The molecule has 3 N–H and O–H groups in total. The summed E-state index contributed by atoms with van der Waals surface area (Å²) in [5.74, 6) is -0.0412. The maximum atomic E-state index is 12.1. The second-order valence-electron chi connectivity index (χ2n) is 4.44. The van der Waals surface area contributed by atoms with Crippen LogP contribution >= 0.6 is 11.3 Å². The number of rotatable bonds is 4. The van der Waals surface area contributed by atoms with E-state index in [1.165, 1.54) is 16.2 Å². The standard InChI is InChI=1S/C15H18N2OS/c1-3-11-8-9-14(19-11)15(18)17-10(2)12-6-4-5-7-13(12)16/h4-10H,3,16H2,1-2H3,(H,17,18). The lowest BCUT2D eigenvalue weighted by molar-refractivity contribution is 0.0944. The minimum absolute atomic E-state index is 0.0412. The molecule has 1 aromatic heterocycles. The summed E-state index contributed by atoms with van der Waals surface area (Å²) in [6.45, 7) is 4.03. The van der Waals surface area contributed by atoms with E-state index in [2.05, 4.69) is 12.2 Å². The Labute approximate surface area is 117 Å². The monoisotopic (exact) mass is 274 g/mol. The zero-order valence-electron chi connectivity index (χ0n) is 11.1. The van der Waals surface area contributed by atoms with Crippen molar-refractivity contribution in [2.24, 2.45) is 0 Å². The van der Waals surface area contributed by atoms with Crippen molar-refractivity contribution in [3.63, 3.8) is 0 Å². The van der Waals surface area contributed by atoms with Crippen LogP contribution in [0.4, 0.5) is 5.69 Å². The summed E-state index contributed by atoms with van der Waals surface area (Å²) in [7, 11) is 0. The first-order valence-corrected chi connectivity index (χ1v) is 7.17. The molecule has 0 radical (unpaired) electrons. The minimum Gasteiger partial charge on any atom is -0.398 e. The lowest BCUT2D eigenvalue weighted by Gasteiger charge is -2.15. The fourth-order valence-corrected chi connectivity index (χ4v) is 2.79. The zero-order valence-corrected chi connectivity index (χ0v) is 12.0. The molecule has 1 atom stereocenters. The van der Waals surface area contributed by atoms with E-state index in [0.717, 1.165) is 16.9 Å². The van der Waals surface area contributed by atoms with Gasteiger partial charge >= 0.3 is 0 Å². The highest BCUT2D eigenvalue weighted by molar-refractivity contribution is 7.14. The Hall–Kier alpha value is -1.81. The Kier molecular flexibility index (Phi) is 4.22. The van der Waals surface area contributed by atoms with E-state index in [1.54, 1.807) is 0 Å². The Balaban J connectivity index is 2.08. The number of aryl methyl sites for hydroxylation is 1. The third-order valence-electron chi connectivity index (χ3n) is 3.04. The molecule has 4 heteroatoms. The van der Waals surface area contributed by atoms with Crippen LogP contribution < -0.4 is 11.1 Å². The molecule has 1 aromatic carbocycles. The highest BCUT2D eigenvalue weighted by atomic mass is 32.1. The van der Waals surface area contributed by atoms with Gasteiger partial charge < -0.3 is 11.1 Å². The van der Waals surface area contributed by atoms with E-state index in [-0.39, 0.29) is 11.9 Å². The molecule has 0 aliphatic rings. The van der Waals surface area contributed by atoms with Crippen LogP contribution in [0.2, 0.25) is 0 Å². The van der Waals surface area contributed by atoms with Gasteiger partial charge in [0.2, 0.25) is 0 Å². The van der Waals surface area contributed by atoms with Crippen LogP contribution in [0.15, 0.2) is 36.4 Å². The van der Waals surface area contributed by atoms with Crippen molar-refractivity contribution in [1.29, 1.82) is 0 Å². The van der Waals surface area contributed by atoms with Gasteiger partial charge in [0.25, 0.3) is 5.91 Å². The van der Waals surface area contributed by atoms with E-state index >= 15 is 0 Å². The second kappa shape index (κ2) is 5.89. The quantitative estimate of drug-likeness (QED) is 0.840. The number of nitrogens with two attached hydrogens (primary N) is 1. The number of carbonyl (C=O) groups excluding carboxylic acids is 1.